The van der Waals surface area contributed by atoms with E-state index in [0.717, 1.165) is 22.4 Å². The van der Waals surface area contributed by atoms with Crippen LogP contribution in [0.25, 0.3) is 16.0 Å². The molecular formula is C26H18BrFN2O5S. The number of aromatic nitrogens is 1. The van der Waals surface area contributed by atoms with Gasteiger partial charge in [0.25, 0.3) is 5.78 Å². The second-order valence-corrected chi connectivity index (χ2v) is 10.1. The number of hydrogen-bond donors (Lipinski definition) is 2. The Bertz CT molecular complexity index is 1580. The van der Waals surface area contributed by atoms with E-state index < -0.39 is 29.3 Å². The van der Waals surface area contributed by atoms with Crippen LogP contribution in [0.4, 0.5) is 9.52 Å². The van der Waals surface area contributed by atoms with Gasteiger partial charge in [0.1, 0.15) is 11.6 Å². The summed E-state index contributed by atoms with van der Waals surface area (Å²) in [5, 5.41) is 21.8. The van der Waals surface area contributed by atoms with Crippen LogP contribution in [0, 0.1) is 12.7 Å². The first-order valence-corrected chi connectivity index (χ1v) is 12.3. The van der Waals surface area contributed by atoms with Gasteiger partial charge in [-0.05, 0) is 82.5 Å². The Kier molecular flexibility index (Phi) is 6.01. The number of aliphatic hydroxyl groups is 1. The molecule has 0 saturated carbocycles. The molecule has 1 fully saturated rings. The van der Waals surface area contributed by atoms with Crippen molar-refractivity contribution in [3.05, 3.63) is 87.2 Å². The van der Waals surface area contributed by atoms with Gasteiger partial charge in [0.05, 0.1) is 33.4 Å². The number of methoxy groups -OCH3 is 1. The van der Waals surface area contributed by atoms with Crippen LogP contribution in [0.3, 0.4) is 0 Å². The van der Waals surface area contributed by atoms with E-state index in [1.807, 2.05) is 25.1 Å². The van der Waals surface area contributed by atoms with E-state index in [9.17, 15) is 24.2 Å². The molecule has 0 radical (unpaired) electrons. The monoisotopic (exact) mass is 568 g/mol. The maximum atomic E-state index is 13.5. The van der Waals surface area contributed by atoms with Crippen molar-refractivity contribution in [3.63, 3.8) is 0 Å². The Morgan fingerprint density at radius 2 is 1.86 bits per heavy atom. The van der Waals surface area contributed by atoms with E-state index in [4.69, 9.17) is 4.74 Å². The molecule has 1 aliphatic heterocycles. The van der Waals surface area contributed by atoms with Crippen LogP contribution >= 0.6 is 27.3 Å². The van der Waals surface area contributed by atoms with Crippen molar-refractivity contribution in [1.29, 1.82) is 0 Å². The highest BCUT2D eigenvalue weighted by Gasteiger charge is 2.48. The summed E-state index contributed by atoms with van der Waals surface area (Å²) in [4.78, 5) is 32.5. The Labute approximate surface area is 217 Å². The summed E-state index contributed by atoms with van der Waals surface area (Å²) in [5.41, 5.74) is 2.03. The summed E-state index contributed by atoms with van der Waals surface area (Å²) in [5.74, 6) is -2.82. The number of benzene rings is 3. The second kappa shape index (κ2) is 9.03. The van der Waals surface area contributed by atoms with Gasteiger partial charge >= 0.3 is 5.91 Å². The third-order valence-electron chi connectivity index (χ3n) is 5.89. The average Bonchev–Trinajstić information content (AvgIpc) is 3.38. The van der Waals surface area contributed by atoms with Gasteiger partial charge in [-0.15, -0.1) is 0 Å². The maximum absolute atomic E-state index is 13.5. The predicted molar refractivity (Wildman–Crippen MR) is 138 cm³/mol. The molecule has 5 rings (SSSR count). The number of carbonyl (C=O) groups excluding carboxylic acids is 2. The fraction of sp³-hybridized carbons (Fsp3) is 0.115. The number of phenols is 1. The molecule has 0 spiro atoms. The molecule has 0 aliphatic carbocycles. The first-order chi connectivity index (χ1) is 17.2. The Morgan fingerprint density at radius 3 is 2.56 bits per heavy atom. The number of rotatable bonds is 4. The van der Waals surface area contributed by atoms with Gasteiger partial charge in [0.2, 0.25) is 0 Å². The quantitative estimate of drug-likeness (QED) is 0.182. The summed E-state index contributed by atoms with van der Waals surface area (Å²) < 4.78 is 19.9. The Morgan fingerprint density at radius 1 is 1.14 bits per heavy atom. The van der Waals surface area contributed by atoms with E-state index in [1.165, 1.54) is 47.6 Å². The van der Waals surface area contributed by atoms with Gasteiger partial charge in [-0.2, -0.15) is 0 Å². The summed E-state index contributed by atoms with van der Waals surface area (Å²) >= 11 is 4.52. The number of aliphatic hydroxyl groups excluding tert-OH is 1. The van der Waals surface area contributed by atoms with E-state index in [1.54, 1.807) is 0 Å². The minimum atomic E-state index is -1.09. The van der Waals surface area contributed by atoms with Gasteiger partial charge in [-0.3, -0.25) is 14.5 Å². The number of thiazole rings is 1. The SMILES string of the molecule is COc1cc(C2C(=C(O)c3ccc(F)cc3)C(=O)C(=O)N2c2nc3ccc(C)cc3s2)cc(Br)c1O. The van der Waals surface area contributed by atoms with Gasteiger partial charge in [0, 0.05) is 5.56 Å². The molecule has 1 unspecified atom stereocenters. The lowest BCUT2D eigenvalue weighted by molar-refractivity contribution is -0.132. The van der Waals surface area contributed by atoms with Crippen LogP contribution in [0.15, 0.2) is 64.6 Å². The summed E-state index contributed by atoms with van der Waals surface area (Å²) in [6.07, 6.45) is 0. The van der Waals surface area contributed by atoms with E-state index in [-0.39, 0.29) is 32.2 Å². The number of nitrogens with zero attached hydrogens (tertiary/aromatic N) is 2. The number of ether oxygens (including phenoxy) is 1. The lowest BCUT2D eigenvalue weighted by atomic mass is 9.95. The number of ketones is 1. The maximum Gasteiger partial charge on any atom is 0.301 e. The standard InChI is InChI=1S/C26H18BrFN2O5S/c1-12-3-8-17-19(9-12)36-26(29-17)30-21(14-10-16(27)23(32)18(11-14)35-2)20(24(33)25(30)34)22(31)13-4-6-15(28)7-5-13/h3-11,21,31-32H,1-2H3. The van der Waals surface area contributed by atoms with Gasteiger partial charge in [-0.25, -0.2) is 9.37 Å². The molecule has 2 N–H and O–H groups in total. The lowest BCUT2D eigenvalue weighted by Crippen LogP contribution is -2.29. The normalized spacial score (nSPS) is 17.2. The average molecular weight is 569 g/mol. The lowest BCUT2D eigenvalue weighted by Gasteiger charge is -2.24. The number of aryl methyl sites for hydroxylation is 1. The van der Waals surface area contributed by atoms with Crippen molar-refractivity contribution in [1.82, 2.24) is 4.98 Å². The summed E-state index contributed by atoms with van der Waals surface area (Å²) in [6, 6.07) is 12.5. The molecule has 1 atom stereocenters. The number of carbonyl (C=O) groups is 2. The molecule has 182 valence electrons. The Hall–Kier alpha value is -3.76. The highest BCUT2D eigenvalue weighted by atomic mass is 79.9. The number of aromatic hydroxyl groups is 1. The van der Waals surface area contributed by atoms with Crippen LogP contribution in [0.2, 0.25) is 0 Å². The molecule has 4 aromatic rings. The number of amides is 1. The molecule has 7 nitrogen and oxygen atoms in total. The number of halogens is 2. The molecule has 10 heteroatoms. The molecular weight excluding hydrogens is 551 g/mol. The molecule has 3 aromatic carbocycles. The molecule has 0 bridgehead atoms. The highest BCUT2D eigenvalue weighted by molar-refractivity contribution is 9.10. The smallest absolute Gasteiger partial charge is 0.301 e. The van der Waals surface area contributed by atoms with E-state index in [0.29, 0.717) is 11.1 Å². The third-order valence-corrected chi connectivity index (χ3v) is 7.51. The Balaban J connectivity index is 1.77. The molecule has 2 heterocycles. The zero-order valence-corrected chi connectivity index (χ0v) is 21.4. The third kappa shape index (κ3) is 3.92. The first-order valence-electron chi connectivity index (χ1n) is 10.7. The summed E-state index contributed by atoms with van der Waals surface area (Å²) in [7, 11) is 1.37. The van der Waals surface area contributed by atoms with Crippen molar-refractivity contribution in [2.24, 2.45) is 0 Å². The minimum Gasteiger partial charge on any atom is -0.507 e. The molecule has 1 aliphatic rings. The molecule has 1 saturated heterocycles. The van der Waals surface area contributed by atoms with Gasteiger partial charge in [-0.1, -0.05) is 17.4 Å². The van der Waals surface area contributed by atoms with Crippen molar-refractivity contribution < 1.29 is 28.9 Å². The number of hydrogen-bond acceptors (Lipinski definition) is 7. The van der Waals surface area contributed by atoms with Crippen molar-refractivity contribution in [2.75, 3.05) is 12.0 Å². The van der Waals surface area contributed by atoms with Crippen LogP contribution in [0.5, 0.6) is 11.5 Å². The van der Waals surface area contributed by atoms with Crippen LogP contribution < -0.4 is 9.64 Å². The van der Waals surface area contributed by atoms with Crippen LogP contribution in [-0.4, -0.2) is 34.0 Å². The highest BCUT2D eigenvalue weighted by Crippen LogP contribution is 2.47. The molecule has 36 heavy (non-hydrogen) atoms. The number of phenolic OH excluding ortho intramolecular Hbond substituents is 1. The number of Topliss-reactive ketones (excluding diaryl/α,β-unsaturated/α-hetero) is 1. The van der Waals surface area contributed by atoms with E-state index in [2.05, 4.69) is 20.9 Å². The zero-order chi connectivity index (χ0) is 25.7. The fourth-order valence-corrected chi connectivity index (χ4v) is 5.69. The van der Waals surface area contributed by atoms with E-state index >= 15 is 0 Å². The predicted octanol–water partition coefficient (Wildman–Crippen LogP) is 5.85. The number of anilines is 1. The second-order valence-electron chi connectivity index (χ2n) is 8.20. The molecule has 1 aromatic heterocycles. The number of fused-ring (bicyclic) bond motifs is 1. The molecule has 1 amide bonds. The fourth-order valence-electron chi connectivity index (χ4n) is 4.14. The van der Waals surface area contributed by atoms with Gasteiger partial charge < -0.3 is 14.9 Å². The zero-order valence-electron chi connectivity index (χ0n) is 19.0. The minimum absolute atomic E-state index is 0.103. The first kappa shape index (κ1) is 24.0. The van der Waals surface area contributed by atoms with Crippen molar-refractivity contribution in [2.45, 2.75) is 13.0 Å². The topological polar surface area (TPSA) is 100.0 Å². The summed E-state index contributed by atoms with van der Waals surface area (Å²) in [6.45, 7) is 1.94. The van der Waals surface area contributed by atoms with Crippen LogP contribution in [-0.2, 0) is 9.59 Å². The van der Waals surface area contributed by atoms with Crippen molar-refractivity contribution >= 4 is 60.1 Å². The van der Waals surface area contributed by atoms with Crippen LogP contribution in [0.1, 0.15) is 22.7 Å². The van der Waals surface area contributed by atoms with Crippen molar-refractivity contribution in [3.8, 4) is 11.5 Å². The van der Waals surface area contributed by atoms with Gasteiger partial charge in [0.15, 0.2) is 16.6 Å². The largest absolute Gasteiger partial charge is 0.507 e.